The van der Waals surface area contributed by atoms with Gasteiger partial charge in [0.25, 0.3) is 5.69 Å². The smallest absolute Gasteiger partial charge is 0.269 e. The molecule has 26 heavy (non-hydrogen) atoms. The van der Waals surface area contributed by atoms with E-state index in [0.29, 0.717) is 19.5 Å². The van der Waals surface area contributed by atoms with Crippen LogP contribution >= 0.6 is 0 Å². The summed E-state index contributed by atoms with van der Waals surface area (Å²) in [7, 11) is -3.82. The van der Waals surface area contributed by atoms with E-state index < -0.39 is 14.9 Å². The van der Waals surface area contributed by atoms with Gasteiger partial charge in [0.1, 0.15) is 0 Å². The molecule has 1 aliphatic rings. The van der Waals surface area contributed by atoms with E-state index >= 15 is 0 Å². The standard InChI is InChI=1S/C16H24N4O5S/c1-16(2)11-19(10-8-14(16)17)15(21)7-9-18-26(24,25)13-5-3-12(4-6-13)20(22)23/h3-6,14,18H,7-11,17H2,1-2H3. The molecule has 1 heterocycles. The van der Waals surface area contributed by atoms with Crippen LogP contribution in [-0.4, -0.2) is 49.8 Å². The van der Waals surface area contributed by atoms with Crippen molar-refractivity contribution in [3.63, 3.8) is 0 Å². The van der Waals surface area contributed by atoms with E-state index in [2.05, 4.69) is 4.72 Å². The van der Waals surface area contributed by atoms with Crippen molar-refractivity contribution in [2.75, 3.05) is 19.6 Å². The molecule has 0 radical (unpaired) electrons. The SMILES string of the molecule is CC1(C)CN(C(=O)CCNS(=O)(=O)c2ccc([N+](=O)[O-])cc2)CCC1N. The van der Waals surface area contributed by atoms with Crippen LogP contribution in [0.2, 0.25) is 0 Å². The fourth-order valence-electron chi connectivity index (χ4n) is 2.87. The van der Waals surface area contributed by atoms with Gasteiger partial charge in [-0.05, 0) is 24.0 Å². The maximum atomic E-state index is 12.3. The Bertz CT molecular complexity index is 776. The number of nitro groups is 1. The molecule has 0 aromatic heterocycles. The van der Waals surface area contributed by atoms with Crippen molar-refractivity contribution in [3.05, 3.63) is 34.4 Å². The monoisotopic (exact) mass is 384 g/mol. The Labute approximate surface area is 152 Å². The number of nitrogens with zero attached hydrogens (tertiary/aromatic N) is 2. The van der Waals surface area contributed by atoms with Gasteiger partial charge in [0, 0.05) is 44.2 Å². The molecule has 1 amide bonds. The van der Waals surface area contributed by atoms with E-state index in [0.717, 1.165) is 24.3 Å². The molecule has 1 aromatic carbocycles. The van der Waals surface area contributed by atoms with Gasteiger partial charge < -0.3 is 10.6 Å². The zero-order valence-electron chi connectivity index (χ0n) is 14.8. The van der Waals surface area contributed by atoms with Crippen LogP contribution in [0.3, 0.4) is 0 Å². The number of likely N-dealkylation sites (tertiary alicyclic amines) is 1. The molecule has 1 unspecified atom stereocenters. The van der Waals surface area contributed by atoms with Gasteiger partial charge in [-0.15, -0.1) is 0 Å². The highest BCUT2D eigenvalue weighted by atomic mass is 32.2. The van der Waals surface area contributed by atoms with Crippen LogP contribution in [0, 0.1) is 15.5 Å². The first-order chi connectivity index (χ1) is 12.0. The predicted octanol–water partition coefficient (Wildman–Crippen LogP) is 0.849. The molecule has 3 N–H and O–H groups in total. The van der Waals surface area contributed by atoms with Gasteiger partial charge in [0.15, 0.2) is 0 Å². The molecule has 0 bridgehead atoms. The number of non-ortho nitro benzene ring substituents is 1. The van der Waals surface area contributed by atoms with Crippen LogP contribution in [0.25, 0.3) is 0 Å². The molecule has 10 heteroatoms. The molecule has 0 aliphatic carbocycles. The van der Waals surface area contributed by atoms with Crippen molar-refractivity contribution in [3.8, 4) is 0 Å². The highest BCUT2D eigenvalue weighted by molar-refractivity contribution is 7.89. The van der Waals surface area contributed by atoms with Crippen molar-refractivity contribution >= 4 is 21.6 Å². The Hall–Kier alpha value is -2.04. The lowest BCUT2D eigenvalue weighted by Gasteiger charge is -2.42. The lowest BCUT2D eigenvalue weighted by atomic mass is 9.79. The van der Waals surface area contributed by atoms with E-state index in [-0.39, 0.29) is 40.9 Å². The average Bonchev–Trinajstić information content (AvgIpc) is 2.57. The highest BCUT2D eigenvalue weighted by Gasteiger charge is 2.35. The highest BCUT2D eigenvalue weighted by Crippen LogP contribution is 2.27. The van der Waals surface area contributed by atoms with Crippen molar-refractivity contribution < 1.29 is 18.1 Å². The summed E-state index contributed by atoms with van der Waals surface area (Å²) in [5.74, 6) is -0.128. The number of hydrogen-bond donors (Lipinski definition) is 2. The average molecular weight is 384 g/mol. The van der Waals surface area contributed by atoms with Crippen molar-refractivity contribution in [2.24, 2.45) is 11.1 Å². The quantitative estimate of drug-likeness (QED) is 0.551. The number of sulfonamides is 1. The third kappa shape index (κ3) is 4.77. The minimum absolute atomic E-state index is 0.0344. The topological polar surface area (TPSA) is 136 Å². The number of amides is 1. The Balaban J connectivity index is 1.90. The lowest BCUT2D eigenvalue weighted by molar-refractivity contribution is -0.384. The maximum absolute atomic E-state index is 12.3. The lowest BCUT2D eigenvalue weighted by Crippen LogP contribution is -2.54. The fourth-order valence-corrected chi connectivity index (χ4v) is 3.90. The molecular formula is C16H24N4O5S. The largest absolute Gasteiger partial charge is 0.342 e. The van der Waals surface area contributed by atoms with Gasteiger partial charge in [-0.1, -0.05) is 13.8 Å². The summed E-state index contributed by atoms with van der Waals surface area (Å²) in [5, 5.41) is 10.6. The summed E-state index contributed by atoms with van der Waals surface area (Å²) in [6, 6.07) is 4.61. The number of nitrogens with one attached hydrogen (secondary N) is 1. The summed E-state index contributed by atoms with van der Waals surface area (Å²) in [6.07, 6.45) is 0.755. The van der Waals surface area contributed by atoms with Crippen LogP contribution in [0.5, 0.6) is 0 Å². The Morgan fingerprint density at radius 3 is 2.54 bits per heavy atom. The molecule has 1 atom stereocenters. The molecule has 1 aromatic rings. The third-order valence-corrected chi connectivity index (χ3v) is 6.13. The number of carbonyl (C=O) groups is 1. The summed E-state index contributed by atoms with van der Waals surface area (Å²) in [6.45, 7) is 5.09. The molecule has 1 aliphatic heterocycles. The summed E-state index contributed by atoms with van der Waals surface area (Å²) in [5.41, 5.74) is 5.69. The van der Waals surface area contributed by atoms with Crippen molar-refractivity contribution in [1.29, 1.82) is 0 Å². The number of piperidine rings is 1. The first kappa shape index (κ1) is 20.3. The maximum Gasteiger partial charge on any atom is 0.269 e. The number of rotatable bonds is 6. The minimum Gasteiger partial charge on any atom is -0.342 e. The van der Waals surface area contributed by atoms with Crippen molar-refractivity contribution in [1.82, 2.24) is 9.62 Å². The Morgan fingerprint density at radius 1 is 1.38 bits per heavy atom. The van der Waals surface area contributed by atoms with Gasteiger partial charge >= 0.3 is 0 Å². The first-order valence-electron chi connectivity index (χ1n) is 8.30. The molecule has 0 saturated carbocycles. The van der Waals surface area contributed by atoms with Crippen LogP contribution in [0.15, 0.2) is 29.2 Å². The molecule has 2 rings (SSSR count). The van der Waals surface area contributed by atoms with Crippen molar-refractivity contribution in [2.45, 2.75) is 37.6 Å². The van der Waals surface area contributed by atoms with Gasteiger partial charge in [-0.3, -0.25) is 14.9 Å². The van der Waals surface area contributed by atoms with Gasteiger partial charge in [-0.2, -0.15) is 0 Å². The van der Waals surface area contributed by atoms with E-state index in [1.54, 1.807) is 4.90 Å². The van der Waals surface area contributed by atoms with E-state index in [9.17, 15) is 23.3 Å². The fraction of sp³-hybridized carbons (Fsp3) is 0.562. The van der Waals surface area contributed by atoms with E-state index in [4.69, 9.17) is 5.73 Å². The first-order valence-corrected chi connectivity index (χ1v) is 9.79. The number of benzene rings is 1. The summed E-state index contributed by atoms with van der Waals surface area (Å²) >= 11 is 0. The normalized spacial score (nSPS) is 20.0. The minimum atomic E-state index is -3.82. The van der Waals surface area contributed by atoms with Gasteiger partial charge in [0.05, 0.1) is 9.82 Å². The molecule has 1 fully saturated rings. The van der Waals surface area contributed by atoms with Crippen LogP contribution in [-0.2, 0) is 14.8 Å². The third-order valence-electron chi connectivity index (χ3n) is 4.65. The second-order valence-electron chi connectivity index (χ2n) is 7.10. The number of carbonyl (C=O) groups excluding carboxylic acids is 1. The number of nitro benzene ring substituents is 1. The van der Waals surface area contributed by atoms with Crippen LogP contribution < -0.4 is 10.5 Å². The Morgan fingerprint density at radius 2 is 2.00 bits per heavy atom. The molecule has 1 saturated heterocycles. The second-order valence-corrected chi connectivity index (χ2v) is 8.86. The summed E-state index contributed by atoms with van der Waals surface area (Å²) in [4.78, 5) is 24.0. The molecule has 9 nitrogen and oxygen atoms in total. The van der Waals surface area contributed by atoms with E-state index in [1.807, 2.05) is 13.8 Å². The van der Waals surface area contributed by atoms with Crippen LogP contribution in [0.4, 0.5) is 5.69 Å². The number of hydrogen-bond acceptors (Lipinski definition) is 6. The predicted molar refractivity (Wildman–Crippen MR) is 95.9 cm³/mol. The molecule has 144 valence electrons. The van der Waals surface area contributed by atoms with Gasteiger partial charge in [0.2, 0.25) is 15.9 Å². The molecule has 0 spiro atoms. The molecular weight excluding hydrogens is 360 g/mol. The second kappa shape index (κ2) is 7.68. The summed E-state index contributed by atoms with van der Waals surface area (Å²) < 4.78 is 26.7. The Kier molecular flexibility index (Phi) is 5.99. The zero-order chi connectivity index (χ0) is 19.5. The van der Waals surface area contributed by atoms with E-state index in [1.165, 1.54) is 0 Å². The number of nitrogens with two attached hydrogens (primary N) is 1. The zero-order valence-corrected chi connectivity index (χ0v) is 15.7. The van der Waals surface area contributed by atoms with Gasteiger partial charge in [-0.25, -0.2) is 13.1 Å². The van der Waals surface area contributed by atoms with Crippen LogP contribution in [0.1, 0.15) is 26.7 Å².